The number of hydrogen-bond acceptors (Lipinski definition) is 4. The Labute approximate surface area is 127 Å². The van der Waals surface area contributed by atoms with Crippen LogP contribution in [0.5, 0.6) is 0 Å². The highest BCUT2D eigenvalue weighted by Gasteiger charge is 2.26. The van der Waals surface area contributed by atoms with Gasteiger partial charge in [-0.05, 0) is 17.5 Å². The van der Waals surface area contributed by atoms with E-state index in [0.29, 0.717) is 12.6 Å². The van der Waals surface area contributed by atoms with E-state index in [1.807, 2.05) is 0 Å². The minimum atomic E-state index is 0.301. The largest absolute Gasteiger partial charge is 0.329 e. The number of benzene rings is 1. The lowest BCUT2D eigenvalue weighted by molar-refractivity contribution is 0.179. The number of hydrogen-bond donors (Lipinski definition) is 1. The molecule has 0 aliphatic carbocycles. The van der Waals surface area contributed by atoms with Crippen molar-refractivity contribution in [2.24, 2.45) is 5.73 Å². The molecule has 0 radical (unpaired) electrons. The fraction of sp³-hybridized carbons (Fsp3) is 0.312. The molecule has 0 bridgehead atoms. The summed E-state index contributed by atoms with van der Waals surface area (Å²) in [7, 11) is 0. The topological polar surface area (TPSA) is 46.6 Å². The van der Waals surface area contributed by atoms with E-state index in [-0.39, 0.29) is 0 Å². The van der Waals surface area contributed by atoms with E-state index in [9.17, 15) is 0 Å². The third-order valence-corrected chi connectivity index (χ3v) is 5.03. The van der Waals surface area contributed by atoms with E-state index in [0.717, 1.165) is 30.2 Å². The number of rotatable bonds is 3. The smallest absolute Gasteiger partial charge is 0.193 e. The molecular weight excluding hydrogens is 280 g/mol. The van der Waals surface area contributed by atoms with Crippen molar-refractivity contribution >= 4 is 16.3 Å². The zero-order valence-corrected chi connectivity index (χ0v) is 12.6. The minimum absolute atomic E-state index is 0.301. The molecule has 2 aromatic heterocycles. The maximum atomic E-state index is 6.05. The van der Waals surface area contributed by atoms with Gasteiger partial charge in [-0.15, -0.1) is 11.3 Å². The lowest BCUT2D eigenvalue weighted by atomic mass is 9.92. The molecule has 1 aliphatic heterocycles. The van der Waals surface area contributed by atoms with Crippen LogP contribution in [0, 0.1) is 0 Å². The van der Waals surface area contributed by atoms with E-state index < -0.39 is 0 Å². The Bertz CT molecular complexity index is 732. The molecule has 4 nitrogen and oxygen atoms in total. The van der Waals surface area contributed by atoms with Gasteiger partial charge in [-0.1, -0.05) is 24.3 Å². The Morgan fingerprint density at radius 2 is 2.24 bits per heavy atom. The first-order valence-corrected chi connectivity index (χ1v) is 8.16. The molecule has 0 amide bonds. The SMILES string of the molecule is NCC1c2ccccc2CCN1Cc1cn2ccsc2n1. The summed E-state index contributed by atoms with van der Waals surface area (Å²) in [6.07, 6.45) is 5.28. The molecule has 1 aliphatic rings. The summed E-state index contributed by atoms with van der Waals surface area (Å²) < 4.78 is 2.09. The quantitative estimate of drug-likeness (QED) is 0.808. The summed E-state index contributed by atoms with van der Waals surface area (Å²) in [5.74, 6) is 0. The summed E-state index contributed by atoms with van der Waals surface area (Å²) in [5, 5.41) is 2.06. The van der Waals surface area contributed by atoms with Crippen molar-refractivity contribution < 1.29 is 0 Å². The average Bonchev–Trinajstić information content (AvgIpc) is 3.08. The number of imidazole rings is 1. The lowest BCUT2D eigenvalue weighted by Gasteiger charge is -2.36. The van der Waals surface area contributed by atoms with Crippen molar-refractivity contribution in [1.82, 2.24) is 14.3 Å². The van der Waals surface area contributed by atoms with E-state index in [4.69, 9.17) is 10.7 Å². The Morgan fingerprint density at radius 3 is 3.10 bits per heavy atom. The van der Waals surface area contributed by atoms with Crippen LogP contribution in [0.25, 0.3) is 4.96 Å². The molecule has 108 valence electrons. The van der Waals surface area contributed by atoms with Crippen molar-refractivity contribution in [2.45, 2.75) is 19.0 Å². The van der Waals surface area contributed by atoms with E-state index >= 15 is 0 Å². The van der Waals surface area contributed by atoms with Gasteiger partial charge < -0.3 is 5.73 Å². The highest BCUT2D eigenvalue weighted by Crippen LogP contribution is 2.30. The van der Waals surface area contributed by atoms with Crippen LogP contribution in [0.4, 0.5) is 0 Å². The Hall–Kier alpha value is -1.69. The van der Waals surface area contributed by atoms with Crippen LogP contribution in [0.1, 0.15) is 22.9 Å². The first kappa shape index (κ1) is 13.0. The molecular formula is C16H18N4S. The molecule has 0 fully saturated rings. The molecule has 3 heterocycles. The van der Waals surface area contributed by atoms with E-state index in [1.165, 1.54) is 11.1 Å². The summed E-state index contributed by atoms with van der Waals surface area (Å²) in [6.45, 7) is 2.56. The van der Waals surface area contributed by atoms with Gasteiger partial charge >= 0.3 is 0 Å². The van der Waals surface area contributed by atoms with Gasteiger partial charge in [0.05, 0.1) is 5.69 Å². The predicted molar refractivity (Wildman–Crippen MR) is 85.4 cm³/mol. The fourth-order valence-corrected chi connectivity index (χ4v) is 3.95. The Kier molecular flexibility index (Phi) is 3.25. The van der Waals surface area contributed by atoms with E-state index in [2.05, 4.69) is 51.3 Å². The monoisotopic (exact) mass is 298 g/mol. The Balaban J connectivity index is 1.61. The second-order valence-electron chi connectivity index (χ2n) is 5.50. The van der Waals surface area contributed by atoms with Gasteiger partial charge in [0, 0.05) is 43.4 Å². The van der Waals surface area contributed by atoms with Crippen LogP contribution in [0.3, 0.4) is 0 Å². The number of nitrogens with zero attached hydrogens (tertiary/aromatic N) is 3. The van der Waals surface area contributed by atoms with E-state index in [1.54, 1.807) is 11.3 Å². The maximum Gasteiger partial charge on any atom is 0.193 e. The van der Waals surface area contributed by atoms with Crippen LogP contribution >= 0.6 is 11.3 Å². The number of aromatic nitrogens is 2. The Morgan fingerprint density at radius 1 is 1.33 bits per heavy atom. The molecule has 5 heteroatoms. The number of nitrogens with two attached hydrogens (primary N) is 1. The maximum absolute atomic E-state index is 6.05. The second-order valence-corrected chi connectivity index (χ2v) is 6.37. The summed E-state index contributed by atoms with van der Waals surface area (Å²) in [4.78, 5) is 8.21. The minimum Gasteiger partial charge on any atom is -0.329 e. The van der Waals surface area contributed by atoms with Crippen molar-refractivity contribution in [3.8, 4) is 0 Å². The highest BCUT2D eigenvalue weighted by atomic mass is 32.1. The second kappa shape index (κ2) is 5.26. The van der Waals surface area contributed by atoms with Crippen molar-refractivity contribution in [3.05, 3.63) is 58.9 Å². The first-order chi connectivity index (χ1) is 10.3. The van der Waals surface area contributed by atoms with Crippen LogP contribution in [0.15, 0.2) is 42.0 Å². The van der Waals surface area contributed by atoms with Crippen molar-refractivity contribution in [3.63, 3.8) is 0 Å². The van der Waals surface area contributed by atoms with Gasteiger partial charge in [0.25, 0.3) is 0 Å². The number of fused-ring (bicyclic) bond motifs is 2. The molecule has 0 saturated heterocycles. The average molecular weight is 298 g/mol. The van der Waals surface area contributed by atoms with Crippen molar-refractivity contribution in [2.75, 3.05) is 13.1 Å². The van der Waals surface area contributed by atoms with Crippen molar-refractivity contribution in [1.29, 1.82) is 0 Å². The van der Waals surface area contributed by atoms with Gasteiger partial charge in [-0.2, -0.15) is 0 Å². The lowest BCUT2D eigenvalue weighted by Crippen LogP contribution is -2.38. The van der Waals surface area contributed by atoms with Crippen LogP contribution in [-0.4, -0.2) is 27.4 Å². The summed E-state index contributed by atoms with van der Waals surface area (Å²) in [6, 6.07) is 8.96. The predicted octanol–water partition coefficient (Wildman–Crippen LogP) is 2.45. The molecule has 0 saturated carbocycles. The molecule has 1 aromatic carbocycles. The third-order valence-electron chi connectivity index (χ3n) is 4.25. The molecule has 1 atom stereocenters. The molecule has 21 heavy (non-hydrogen) atoms. The summed E-state index contributed by atoms with van der Waals surface area (Å²) in [5.41, 5.74) is 10.00. The normalized spacial score (nSPS) is 19.0. The molecule has 3 aromatic rings. The standard InChI is InChI=1S/C16H18N4S/c17-9-15-14-4-2-1-3-12(14)5-6-19(15)10-13-11-20-7-8-21-16(20)18-13/h1-4,7-8,11,15H,5-6,9-10,17H2. The van der Waals surface area contributed by atoms with Gasteiger partial charge in [-0.25, -0.2) is 4.98 Å². The summed E-state index contributed by atoms with van der Waals surface area (Å²) >= 11 is 1.67. The number of thiazole rings is 1. The van der Waals surface area contributed by atoms with Gasteiger partial charge in [-0.3, -0.25) is 9.30 Å². The molecule has 2 N–H and O–H groups in total. The third kappa shape index (κ3) is 2.27. The first-order valence-electron chi connectivity index (χ1n) is 7.28. The molecule has 0 spiro atoms. The molecule has 4 rings (SSSR count). The van der Waals surface area contributed by atoms with Gasteiger partial charge in [0.1, 0.15) is 0 Å². The zero-order chi connectivity index (χ0) is 14.2. The zero-order valence-electron chi connectivity index (χ0n) is 11.8. The van der Waals surface area contributed by atoms with Crippen LogP contribution < -0.4 is 5.73 Å². The molecule has 1 unspecified atom stereocenters. The highest BCUT2D eigenvalue weighted by molar-refractivity contribution is 7.15. The van der Waals surface area contributed by atoms with Gasteiger partial charge in [0.15, 0.2) is 4.96 Å². The van der Waals surface area contributed by atoms with Gasteiger partial charge in [0.2, 0.25) is 0 Å². The van der Waals surface area contributed by atoms with Crippen LogP contribution in [0.2, 0.25) is 0 Å². The van der Waals surface area contributed by atoms with Crippen LogP contribution in [-0.2, 0) is 13.0 Å². The fourth-order valence-electron chi connectivity index (χ4n) is 3.23.